The second-order valence-corrected chi connectivity index (χ2v) is 7.37. The number of piperazine rings is 1. The van der Waals surface area contributed by atoms with Crippen LogP contribution in [0.2, 0.25) is 0 Å². The number of aryl methyl sites for hydroxylation is 1. The standard InChI is InChI=1S/C23H27N3O2/c1-28-20-6-4-5-18(15-20)9-10-23(27)26-13-11-25(12-14-26)17-19-16-24-22-8-3-2-7-21(19)22/h2-8,15-16,24H,9-14,17H2,1H3. The quantitative estimate of drug-likeness (QED) is 0.716. The van der Waals surface area contributed by atoms with E-state index in [4.69, 9.17) is 4.74 Å². The topological polar surface area (TPSA) is 48.6 Å². The Bertz CT molecular complexity index is 942. The molecule has 2 heterocycles. The predicted octanol–water partition coefficient (Wildman–Crippen LogP) is 3.45. The third-order valence-corrected chi connectivity index (χ3v) is 5.56. The molecule has 1 fully saturated rings. The maximum absolute atomic E-state index is 12.6. The molecule has 0 saturated carbocycles. The average molecular weight is 377 g/mol. The summed E-state index contributed by atoms with van der Waals surface area (Å²) in [4.78, 5) is 20.4. The van der Waals surface area contributed by atoms with Crippen molar-refractivity contribution in [1.82, 2.24) is 14.8 Å². The van der Waals surface area contributed by atoms with Gasteiger partial charge in [0.05, 0.1) is 7.11 Å². The fourth-order valence-corrected chi connectivity index (χ4v) is 3.90. The molecule has 0 spiro atoms. The summed E-state index contributed by atoms with van der Waals surface area (Å²) in [5.74, 6) is 1.09. The number of hydrogen-bond donors (Lipinski definition) is 1. The van der Waals surface area contributed by atoms with E-state index in [0.29, 0.717) is 6.42 Å². The van der Waals surface area contributed by atoms with Crippen molar-refractivity contribution >= 4 is 16.8 Å². The highest BCUT2D eigenvalue weighted by Gasteiger charge is 2.21. The van der Waals surface area contributed by atoms with Crippen LogP contribution < -0.4 is 4.74 Å². The van der Waals surface area contributed by atoms with E-state index in [1.54, 1.807) is 7.11 Å². The number of aromatic nitrogens is 1. The Hall–Kier alpha value is -2.79. The summed E-state index contributed by atoms with van der Waals surface area (Å²) in [6.45, 7) is 4.38. The molecule has 2 aromatic carbocycles. The Morgan fingerprint density at radius 1 is 1.07 bits per heavy atom. The lowest BCUT2D eigenvalue weighted by Gasteiger charge is -2.34. The molecule has 1 aromatic heterocycles. The van der Waals surface area contributed by atoms with E-state index in [-0.39, 0.29) is 5.91 Å². The second kappa shape index (κ2) is 8.48. The van der Waals surface area contributed by atoms with Crippen LogP contribution in [0.25, 0.3) is 10.9 Å². The van der Waals surface area contributed by atoms with Gasteiger partial charge in [-0.3, -0.25) is 9.69 Å². The van der Waals surface area contributed by atoms with Crippen molar-refractivity contribution in [2.24, 2.45) is 0 Å². The zero-order valence-electron chi connectivity index (χ0n) is 16.4. The minimum absolute atomic E-state index is 0.245. The van der Waals surface area contributed by atoms with Gasteiger partial charge < -0.3 is 14.6 Å². The lowest BCUT2D eigenvalue weighted by Crippen LogP contribution is -2.48. The minimum atomic E-state index is 0.245. The third-order valence-electron chi connectivity index (χ3n) is 5.56. The average Bonchev–Trinajstić information content (AvgIpc) is 3.15. The van der Waals surface area contributed by atoms with Crippen molar-refractivity contribution in [3.05, 3.63) is 65.9 Å². The first-order valence-corrected chi connectivity index (χ1v) is 9.91. The predicted molar refractivity (Wildman–Crippen MR) is 111 cm³/mol. The van der Waals surface area contributed by atoms with Gasteiger partial charge in [-0.1, -0.05) is 30.3 Å². The number of amides is 1. The number of carbonyl (C=O) groups is 1. The van der Waals surface area contributed by atoms with Crippen LogP contribution in [0, 0.1) is 0 Å². The zero-order chi connectivity index (χ0) is 19.3. The molecule has 28 heavy (non-hydrogen) atoms. The summed E-state index contributed by atoms with van der Waals surface area (Å²) in [5.41, 5.74) is 3.66. The van der Waals surface area contributed by atoms with Crippen LogP contribution in [0.4, 0.5) is 0 Å². The van der Waals surface area contributed by atoms with E-state index < -0.39 is 0 Å². The molecule has 1 N–H and O–H groups in total. The second-order valence-electron chi connectivity index (χ2n) is 7.37. The minimum Gasteiger partial charge on any atom is -0.497 e. The Kier molecular flexibility index (Phi) is 5.63. The number of para-hydroxylation sites is 1. The first kappa shape index (κ1) is 18.6. The summed E-state index contributed by atoms with van der Waals surface area (Å²) in [5, 5.41) is 1.29. The Morgan fingerprint density at radius 2 is 1.89 bits per heavy atom. The van der Waals surface area contributed by atoms with Gasteiger partial charge in [-0.25, -0.2) is 0 Å². The SMILES string of the molecule is COc1cccc(CCC(=O)N2CCN(Cc3c[nH]c4ccccc34)CC2)c1. The van der Waals surface area contributed by atoms with Gasteiger partial charge >= 0.3 is 0 Å². The number of hydrogen-bond acceptors (Lipinski definition) is 3. The van der Waals surface area contributed by atoms with Crippen molar-refractivity contribution in [3.63, 3.8) is 0 Å². The van der Waals surface area contributed by atoms with Crippen molar-refractivity contribution < 1.29 is 9.53 Å². The van der Waals surface area contributed by atoms with Gasteiger partial charge in [-0.15, -0.1) is 0 Å². The molecule has 146 valence electrons. The van der Waals surface area contributed by atoms with E-state index in [9.17, 15) is 4.79 Å². The summed E-state index contributed by atoms with van der Waals surface area (Å²) in [7, 11) is 1.67. The van der Waals surface area contributed by atoms with Gasteiger partial charge in [0, 0.05) is 56.2 Å². The van der Waals surface area contributed by atoms with Crippen molar-refractivity contribution in [2.45, 2.75) is 19.4 Å². The molecule has 0 aliphatic carbocycles. The Labute approximate surface area is 165 Å². The van der Waals surface area contributed by atoms with Gasteiger partial charge in [0.1, 0.15) is 5.75 Å². The van der Waals surface area contributed by atoms with Crippen molar-refractivity contribution in [3.8, 4) is 5.75 Å². The van der Waals surface area contributed by atoms with Crippen LogP contribution in [-0.4, -0.2) is 54.0 Å². The van der Waals surface area contributed by atoms with E-state index in [0.717, 1.165) is 50.5 Å². The van der Waals surface area contributed by atoms with Gasteiger partial charge in [-0.05, 0) is 35.7 Å². The molecule has 4 rings (SSSR count). The van der Waals surface area contributed by atoms with E-state index in [1.165, 1.54) is 16.5 Å². The van der Waals surface area contributed by atoms with Gasteiger partial charge in [0.15, 0.2) is 0 Å². The normalized spacial score (nSPS) is 15.1. The van der Waals surface area contributed by atoms with Crippen LogP contribution in [-0.2, 0) is 17.8 Å². The number of nitrogens with zero attached hydrogens (tertiary/aromatic N) is 2. The molecule has 1 aliphatic heterocycles. The largest absolute Gasteiger partial charge is 0.497 e. The van der Waals surface area contributed by atoms with Crippen LogP contribution in [0.3, 0.4) is 0 Å². The molecular formula is C23H27N3O2. The summed E-state index contributed by atoms with van der Waals surface area (Å²) < 4.78 is 5.26. The van der Waals surface area contributed by atoms with Crippen LogP contribution >= 0.6 is 0 Å². The highest BCUT2D eigenvalue weighted by atomic mass is 16.5. The molecule has 3 aromatic rings. The number of rotatable bonds is 6. The fraction of sp³-hybridized carbons (Fsp3) is 0.348. The van der Waals surface area contributed by atoms with Gasteiger partial charge in [-0.2, -0.15) is 0 Å². The molecule has 1 aliphatic rings. The molecule has 0 radical (unpaired) electrons. The molecular weight excluding hydrogens is 350 g/mol. The van der Waals surface area contributed by atoms with Crippen LogP contribution in [0.1, 0.15) is 17.5 Å². The molecule has 5 nitrogen and oxygen atoms in total. The lowest BCUT2D eigenvalue weighted by molar-refractivity contribution is -0.133. The van der Waals surface area contributed by atoms with Crippen LogP contribution in [0.5, 0.6) is 5.75 Å². The maximum Gasteiger partial charge on any atom is 0.222 e. The maximum atomic E-state index is 12.6. The zero-order valence-corrected chi connectivity index (χ0v) is 16.4. The number of carbonyl (C=O) groups excluding carboxylic acids is 1. The summed E-state index contributed by atoms with van der Waals surface area (Å²) in [6, 6.07) is 16.4. The number of methoxy groups -OCH3 is 1. The highest BCUT2D eigenvalue weighted by Crippen LogP contribution is 2.20. The van der Waals surface area contributed by atoms with E-state index in [2.05, 4.69) is 46.4 Å². The number of H-pyrrole nitrogens is 1. The van der Waals surface area contributed by atoms with Crippen LogP contribution in [0.15, 0.2) is 54.7 Å². The number of ether oxygens (including phenoxy) is 1. The molecule has 0 bridgehead atoms. The molecule has 0 atom stereocenters. The summed E-state index contributed by atoms with van der Waals surface area (Å²) >= 11 is 0. The van der Waals surface area contributed by atoms with Crippen molar-refractivity contribution in [1.29, 1.82) is 0 Å². The number of benzene rings is 2. The molecule has 0 unspecified atom stereocenters. The lowest BCUT2D eigenvalue weighted by atomic mass is 10.1. The first-order valence-electron chi connectivity index (χ1n) is 9.91. The van der Waals surface area contributed by atoms with E-state index in [1.807, 2.05) is 23.1 Å². The van der Waals surface area contributed by atoms with Gasteiger partial charge in [0.2, 0.25) is 5.91 Å². The number of fused-ring (bicyclic) bond motifs is 1. The Balaban J connectivity index is 1.27. The van der Waals surface area contributed by atoms with Crippen molar-refractivity contribution in [2.75, 3.05) is 33.3 Å². The Morgan fingerprint density at radius 3 is 2.71 bits per heavy atom. The molecule has 5 heteroatoms. The number of nitrogens with one attached hydrogen (secondary N) is 1. The first-order chi connectivity index (χ1) is 13.7. The third kappa shape index (κ3) is 4.20. The smallest absolute Gasteiger partial charge is 0.222 e. The molecule has 1 amide bonds. The highest BCUT2D eigenvalue weighted by molar-refractivity contribution is 5.83. The van der Waals surface area contributed by atoms with Gasteiger partial charge in [0.25, 0.3) is 0 Å². The monoisotopic (exact) mass is 377 g/mol. The molecule has 1 saturated heterocycles. The fourth-order valence-electron chi connectivity index (χ4n) is 3.90. The number of aromatic amines is 1. The summed E-state index contributed by atoms with van der Waals surface area (Å²) in [6.07, 6.45) is 3.41. The van der Waals surface area contributed by atoms with E-state index >= 15 is 0 Å².